The summed E-state index contributed by atoms with van der Waals surface area (Å²) in [6.45, 7) is 0.705. The highest BCUT2D eigenvalue weighted by Crippen LogP contribution is 2.40. The maximum Gasteiger partial charge on any atom is 0.226 e. The third-order valence-corrected chi connectivity index (χ3v) is 2.86. The topological polar surface area (TPSA) is 43.4 Å². The monoisotopic (exact) mass is 242 g/mol. The minimum Gasteiger partial charge on any atom is -0.480 e. The maximum absolute atomic E-state index is 6.00. The Labute approximate surface area is 106 Å². The first-order valence-corrected chi connectivity index (χ1v) is 5.91. The van der Waals surface area contributed by atoms with E-state index in [1.54, 1.807) is 6.20 Å². The van der Waals surface area contributed by atoms with E-state index in [9.17, 15) is 0 Å². The number of hydrogen-bond donors (Lipinski definition) is 1. The van der Waals surface area contributed by atoms with Crippen LogP contribution in [0.2, 0.25) is 0 Å². The molecule has 0 amide bonds. The minimum atomic E-state index is -0.0950. The second-order valence-corrected chi connectivity index (χ2v) is 4.11. The number of ether oxygens (including phenoxy) is 2. The van der Waals surface area contributed by atoms with Gasteiger partial charge in [-0.3, -0.25) is 0 Å². The molecule has 1 aromatic heterocycles. The van der Waals surface area contributed by atoms with Gasteiger partial charge in [-0.2, -0.15) is 0 Å². The average molecular weight is 242 g/mol. The summed E-state index contributed by atoms with van der Waals surface area (Å²) in [5, 5.41) is 3.13. The molecule has 0 unspecified atom stereocenters. The molecule has 1 aliphatic heterocycles. The van der Waals surface area contributed by atoms with E-state index in [-0.39, 0.29) is 6.10 Å². The van der Waals surface area contributed by atoms with E-state index < -0.39 is 0 Å². The van der Waals surface area contributed by atoms with Crippen molar-refractivity contribution in [1.82, 2.24) is 10.3 Å². The Hall–Kier alpha value is -2.07. The van der Waals surface area contributed by atoms with Crippen LogP contribution >= 0.6 is 0 Å². The lowest BCUT2D eigenvalue weighted by molar-refractivity contribution is 0.207. The molecule has 1 atom stereocenters. The molecule has 4 heteroatoms. The van der Waals surface area contributed by atoms with Crippen LogP contribution in [0.15, 0.2) is 42.6 Å². The first-order valence-electron chi connectivity index (χ1n) is 5.91. The lowest BCUT2D eigenvalue weighted by atomic mass is 10.1. The van der Waals surface area contributed by atoms with Gasteiger partial charge in [-0.05, 0) is 31.3 Å². The number of nitrogens with zero attached hydrogens (tertiary/aromatic N) is 1. The van der Waals surface area contributed by atoms with Crippen LogP contribution in [0.5, 0.6) is 17.4 Å². The number of fused-ring (bicyclic) bond motifs is 2. The smallest absolute Gasteiger partial charge is 0.226 e. The third-order valence-electron chi connectivity index (χ3n) is 2.86. The normalized spacial score (nSPS) is 16.8. The Morgan fingerprint density at radius 1 is 1.17 bits per heavy atom. The van der Waals surface area contributed by atoms with Gasteiger partial charge in [0.05, 0.1) is 5.56 Å². The van der Waals surface area contributed by atoms with Gasteiger partial charge in [0.2, 0.25) is 5.88 Å². The molecule has 1 aromatic carbocycles. The molecule has 92 valence electrons. The molecule has 1 aliphatic rings. The van der Waals surface area contributed by atoms with Crippen molar-refractivity contribution in [3.05, 3.63) is 48.2 Å². The zero-order chi connectivity index (χ0) is 12.4. The lowest BCUT2D eigenvalue weighted by Crippen LogP contribution is -2.21. The number of aromatic nitrogens is 1. The molecule has 0 spiro atoms. The first-order chi connectivity index (χ1) is 8.88. The van der Waals surface area contributed by atoms with Crippen LogP contribution < -0.4 is 14.8 Å². The number of pyridine rings is 1. The number of para-hydroxylation sites is 2. The van der Waals surface area contributed by atoms with E-state index in [0.717, 1.165) is 11.3 Å². The van der Waals surface area contributed by atoms with Crippen LogP contribution in [-0.4, -0.2) is 18.6 Å². The molecule has 0 saturated carbocycles. The molecule has 2 aromatic rings. The number of likely N-dealkylation sites (N-methyl/N-ethyl adjacent to an activating group) is 1. The summed E-state index contributed by atoms with van der Waals surface area (Å²) in [5.41, 5.74) is 0.961. The van der Waals surface area contributed by atoms with Crippen molar-refractivity contribution in [3.8, 4) is 17.4 Å². The zero-order valence-electron chi connectivity index (χ0n) is 10.1. The molecular weight excluding hydrogens is 228 g/mol. The Morgan fingerprint density at radius 2 is 2.00 bits per heavy atom. The van der Waals surface area contributed by atoms with Crippen LogP contribution in [0.3, 0.4) is 0 Å². The van der Waals surface area contributed by atoms with Gasteiger partial charge in [0.25, 0.3) is 0 Å². The summed E-state index contributed by atoms with van der Waals surface area (Å²) in [6.07, 6.45) is 1.63. The molecular formula is C14H14N2O2. The minimum absolute atomic E-state index is 0.0950. The highest BCUT2D eigenvalue weighted by Gasteiger charge is 2.24. The molecule has 4 nitrogen and oxygen atoms in total. The summed E-state index contributed by atoms with van der Waals surface area (Å²) in [6, 6.07) is 11.5. The number of benzene rings is 1. The molecule has 0 fully saturated rings. The number of hydrogen-bond acceptors (Lipinski definition) is 4. The van der Waals surface area contributed by atoms with Gasteiger partial charge in [-0.15, -0.1) is 0 Å². The SMILES string of the molecule is CNC[C@H]1Oc2ccccc2Oc2ncccc21. The highest BCUT2D eigenvalue weighted by atomic mass is 16.5. The van der Waals surface area contributed by atoms with E-state index in [0.29, 0.717) is 18.2 Å². The van der Waals surface area contributed by atoms with Crippen LogP contribution in [-0.2, 0) is 0 Å². The summed E-state index contributed by atoms with van der Waals surface area (Å²) >= 11 is 0. The molecule has 0 saturated heterocycles. The van der Waals surface area contributed by atoms with Crippen molar-refractivity contribution in [2.75, 3.05) is 13.6 Å². The Balaban J connectivity index is 2.08. The van der Waals surface area contributed by atoms with E-state index in [4.69, 9.17) is 9.47 Å². The summed E-state index contributed by atoms with van der Waals surface area (Å²) in [7, 11) is 1.90. The van der Waals surface area contributed by atoms with E-state index in [1.807, 2.05) is 43.4 Å². The molecule has 0 aliphatic carbocycles. The van der Waals surface area contributed by atoms with Gasteiger partial charge in [-0.25, -0.2) is 4.98 Å². The second kappa shape index (κ2) is 4.66. The summed E-state index contributed by atoms with van der Waals surface area (Å²) in [4.78, 5) is 4.28. The van der Waals surface area contributed by atoms with E-state index >= 15 is 0 Å². The van der Waals surface area contributed by atoms with Crippen molar-refractivity contribution in [2.24, 2.45) is 0 Å². The molecule has 3 rings (SSSR count). The van der Waals surface area contributed by atoms with Gasteiger partial charge in [-0.1, -0.05) is 12.1 Å². The average Bonchev–Trinajstić information content (AvgIpc) is 2.56. The van der Waals surface area contributed by atoms with E-state index in [1.165, 1.54) is 0 Å². The van der Waals surface area contributed by atoms with E-state index in [2.05, 4.69) is 10.3 Å². The molecule has 18 heavy (non-hydrogen) atoms. The third kappa shape index (κ3) is 1.91. The molecule has 0 radical (unpaired) electrons. The Kier molecular flexibility index (Phi) is 2.86. The van der Waals surface area contributed by atoms with Gasteiger partial charge < -0.3 is 14.8 Å². The van der Waals surface area contributed by atoms with Gasteiger partial charge in [0, 0.05) is 12.7 Å². The summed E-state index contributed by atoms with van der Waals surface area (Å²) in [5.74, 6) is 2.06. The largest absolute Gasteiger partial charge is 0.480 e. The Morgan fingerprint density at radius 3 is 2.83 bits per heavy atom. The van der Waals surface area contributed by atoms with Crippen LogP contribution in [0.4, 0.5) is 0 Å². The van der Waals surface area contributed by atoms with Crippen molar-refractivity contribution in [1.29, 1.82) is 0 Å². The van der Waals surface area contributed by atoms with Crippen LogP contribution in [0, 0.1) is 0 Å². The first kappa shape index (κ1) is 11.0. The molecule has 2 heterocycles. The molecule has 1 N–H and O–H groups in total. The van der Waals surface area contributed by atoms with Crippen LogP contribution in [0.1, 0.15) is 11.7 Å². The highest BCUT2D eigenvalue weighted by molar-refractivity contribution is 5.46. The Bertz CT molecular complexity index is 557. The quantitative estimate of drug-likeness (QED) is 0.878. The maximum atomic E-state index is 6.00. The van der Waals surface area contributed by atoms with Crippen molar-refractivity contribution < 1.29 is 9.47 Å². The summed E-state index contributed by atoms with van der Waals surface area (Å²) < 4.78 is 11.8. The van der Waals surface area contributed by atoms with Gasteiger partial charge >= 0.3 is 0 Å². The second-order valence-electron chi connectivity index (χ2n) is 4.11. The zero-order valence-corrected chi connectivity index (χ0v) is 10.1. The van der Waals surface area contributed by atoms with Crippen molar-refractivity contribution >= 4 is 0 Å². The van der Waals surface area contributed by atoms with Crippen LogP contribution in [0.25, 0.3) is 0 Å². The fraction of sp³-hybridized carbons (Fsp3) is 0.214. The number of nitrogens with one attached hydrogen (secondary N) is 1. The number of rotatable bonds is 2. The fourth-order valence-electron chi connectivity index (χ4n) is 2.02. The molecule has 0 bridgehead atoms. The van der Waals surface area contributed by atoms with Crippen molar-refractivity contribution in [3.63, 3.8) is 0 Å². The van der Waals surface area contributed by atoms with Crippen molar-refractivity contribution in [2.45, 2.75) is 6.10 Å². The predicted molar refractivity (Wildman–Crippen MR) is 68.0 cm³/mol. The van der Waals surface area contributed by atoms with Gasteiger partial charge in [0.1, 0.15) is 6.10 Å². The predicted octanol–water partition coefficient (Wildman–Crippen LogP) is 2.53. The fourth-order valence-corrected chi connectivity index (χ4v) is 2.02. The van der Waals surface area contributed by atoms with Gasteiger partial charge in [0.15, 0.2) is 11.5 Å². The standard InChI is InChI=1S/C14H14N2O2/c1-15-9-13-10-5-4-8-16-14(10)18-12-7-3-2-6-11(12)17-13/h2-8,13,15H,9H2,1H3/t13-/m1/s1. The lowest BCUT2D eigenvalue weighted by Gasteiger charge is -2.16.